The number of benzene rings is 1. The lowest BCUT2D eigenvalue weighted by Crippen LogP contribution is -2.49. The van der Waals surface area contributed by atoms with Crippen LogP contribution in [-0.4, -0.2) is 68.7 Å². The summed E-state index contributed by atoms with van der Waals surface area (Å²) in [7, 11) is 1.69. The van der Waals surface area contributed by atoms with Crippen LogP contribution in [0.5, 0.6) is 5.75 Å². The largest absolute Gasteiger partial charge is 0.497 e. The van der Waals surface area contributed by atoms with E-state index < -0.39 is 0 Å². The summed E-state index contributed by atoms with van der Waals surface area (Å²) in [4.78, 5) is 4.73. The zero-order valence-corrected chi connectivity index (χ0v) is 15.6. The van der Waals surface area contributed by atoms with Crippen molar-refractivity contribution in [2.45, 2.75) is 38.4 Å². The van der Waals surface area contributed by atoms with E-state index in [1.165, 1.54) is 18.5 Å². The Morgan fingerprint density at radius 1 is 1.12 bits per heavy atom. The highest BCUT2D eigenvalue weighted by atomic mass is 16.5. The summed E-state index contributed by atoms with van der Waals surface area (Å²) >= 11 is 0. The molecule has 1 heterocycles. The quantitative estimate of drug-likeness (QED) is 0.820. The normalized spacial score (nSPS) is 26.0. The minimum absolute atomic E-state index is 0.349. The maximum absolute atomic E-state index is 10.3. The minimum atomic E-state index is -0.389. The Kier molecular flexibility index (Phi) is 6.57. The van der Waals surface area contributed by atoms with Gasteiger partial charge in [-0.25, -0.2) is 0 Å². The van der Waals surface area contributed by atoms with Crippen molar-refractivity contribution in [3.05, 3.63) is 24.3 Å². The first-order chi connectivity index (χ1) is 12.2. The van der Waals surface area contributed by atoms with Gasteiger partial charge >= 0.3 is 0 Å². The summed E-state index contributed by atoms with van der Waals surface area (Å²) in [6, 6.07) is 8.24. The molecule has 0 amide bonds. The SMILES string of the molecule is COc1ccc(N2CCN(C[C@H](O)CO[C@H]3CCC[C@@H]3C)CC2)cc1. The van der Waals surface area contributed by atoms with Crippen molar-refractivity contribution >= 4 is 5.69 Å². The van der Waals surface area contributed by atoms with Gasteiger partial charge in [0, 0.05) is 38.4 Å². The van der Waals surface area contributed by atoms with Crippen LogP contribution in [-0.2, 0) is 4.74 Å². The first kappa shape index (κ1) is 18.5. The maximum Gasteiger partial charge on any atom is 0.119 e. The molecule has 1 aromatic carbocycles. The predicted octanol–water partition coefficient (Wildman–Crippen LogP) is 2.38. The molecule has 1 aromatic rings. The van der Waals surface area contributed by atoms with Gasteiger partial charge in [-0.3, -0.25) is 4.90 Å². The zero-order valence-electron chi connectivity index (χ0n) is 15.6. The van der Waals surface area contributed by atoms with Crippen molar-refractivity contribution in [2.75, 3.05) is 51.3 Å². The number of ether oxygens (including phenoxy) is 2. The molecular weight excluding hydrogens is 316 g/mol. The smallest absolute Gasteiger partial charge is 0.119 e. The highest BCUT2D eigenvalue weighted by Crippen LogP contribution is 2.27. The molecule has 25 heavy (non-hydrogen) atoms. The number of β-amino-alcohol motifs (C(OH)–C–C–N with tert-alkyl or cyclic N) is 1. The van der Waals surface area contributed by atoms with Crippen molar-refractivity contribution in [2.24, 2.45) is 5.92 Å². The van der Waals surface area contributed by atoms with Crippen LogP contribution in [0.1, 0.15) is 26.2 Å². The molecule has 0 aromatic heterocycles. The summed E-state index contributed by atoms with van der Waals surface area (Å²) in [6.07, 6.45) is 3.62. The van der Waals surface area contributed by atoms with E-state index in [-0.39, 0.29) is 6.10 Å². The van der Waals surface area contributed by atoms with Gasteiger partial charge in [0.1, 0.15) is 5.75 Å². The first-order valence-electron chi connectivity index (χ1n) is 9.56. The van der Waals surface area contributed by atoms with Gasteiger partial charge in [0.25, 0.3) is 0 Å². The molecule has 1 saturated carbocycles. The van der Waals surface area contributed by atoms with Gasteiger partial charge in [-0.1, -0.05) is 13.3 Å². The van der Waals surface area contributed by atoms with E-state index in [9.17, 15) is 5.11 Å². The number of rotatable bonds is 7. The molecule has 0 radical (unpaired) electrons. The third-order valence-corrected chi connectivity index (χ3v) is 5.56. The van der Waals surface area contributed by atoms with Crippen LogP contribution in [0.15, 0.2) is 24.3 Å². The van der Waals surface area contributed by atoms with E-state index in [2.05, 4.69) is 28.9 Å². The van der Waals surface area contributed by atoms with Crippen molar-refractivity contribution in [3.63, 3.8) is 0 Å². The second-order valence-electron chi connectivity index (χ2n) is 7.42. The van der Waals surface area contributed by atoms with Crippen LogP contribution in [0, 0.1) is 5.92 Å². The molecule has 140 valence electrons. The average Bonchev–Trinajstić information content (AvgIpc) is 3.06. The molecule has 0 unspecified atom stereocenters. The van der Waals surface area contributed by atoms with Gasteiger partial charge in [0.2, 0.25) is 0 Å². The summed E-state index contributed by atoms with van der Waals surface area (Å²) in [5.41, 5.74) is 1.24. The molecule has 0 spiro atoms. The number of methoxy groups -OCH3 is 1. The molecule has 1 N–H and O–H groups in total. The molecule has 5 nitrogen and oxygen atoms in total. The number of aliphatic hydroxyl groups excluding tert-OH is 1. The van der Waals surface area contributed by atoms with Gasteiger partial charge < -0.3 is 19.5 Å². The molecule has 1 saturated heterocycles. The van der Waals surface area contributed by atoms with Crippen LogP contribution >= 0.6 is 0 Å². The molecule has 1 aliphatic carbocycles. The highest BCUT2D eigenvalue weighted by molar-refractivity contribution is 5.49. The predicted molar refractivity (Wildman–Crippen MR) is 100 cm³/mol. The second kappa shape index (κ2) is 8.88. The molecule has 2 fully saturated rings. The third-order valence-electron chi connectivity index (χ3n) is 5.56. The summed E-state index contributed by atoms with van der Waals surface area (Å²) in [5, 5.41) is 10.3. The maximum atomic E-state index is 10.3. The fourth-order valence-corrected chi connectivity index (χ4v) is 3.93. The molecule has 3 atom stereocenters. The Morgan fingerprint density at radius 3 is 2.44 bits per heavy atom. The first-order valence-corrected chi connectivity index (χ1v) is 9.56. The summed E-state index contributed by atoms with van der Waals surface area (Å²) in [5.74, 6) is 1.53. The van der Waals surface area contributed by atoms with Crippen LogP contribution in [0.4, 0.5) is 5.69 Å². The van der Waals surface area contributed by atoms with Gasteiger partial charge in [0.15, 0.2) is 0 Å². The third kappa shape index (κ3) is 5.09. The van der Waals surface area contributed by atoms with Gasteiger partial charge in [-0.05, 0) is 43.0 Å². The number of anilines is 1. The Morgan fingerprint density at radius 2 is 1.84 bits per heavy atom. The minimum Gasteiger partial charge on any atom is -0.497 e. The summed E-state index contributed by atoms with van der Waals surface area (Å²) in [6.45, 7) is 7.35. The van der Waals surface area contributed by atoms with E-state index >= 15 is 0 Å². The lowest BCUT2D eigenvalue weighted by Gasteiger charge is -2.37. The molecule has 2 aliphatic rings. The number of hydrogen-bond donors (Lipinski definition) is 1. The number of piperazine rings is 1. The van der Waals surface area contributed by atoms with Crippen molar-refractivity contribution in [1.29, 1.82) is 0 Å². The van der Waals surface area contributed by atoms with E-state index in [0.29, 0.717) is 25.2 Å². The molecule has 5 heteroatoms. The highest BCUT2D eigenvalue weighted by Gasteiger charge is 2.25. The molecular formula is C20H32N2O3. The monoisotopic (exact) mass is 348 g/mol. The Labute approximate surface area is 151 Å². The standard InChI is InChI=1S/C20H32N2O3/c1-16-4-3-5-20(16)25-15-18(23)14-21-10-12-22(13-11-21)17-6-8-19(24-2)9-7-17/h6-9,16,18,20,23H,3-5,10-15H2,1-2H3/t16-,18-,20-/m0/s1. The van der Waals surface area contributed by atoms with Crippen molar-refractivity contribution in [3.8, 4) is 5.75 Å². The lowest BCUT2D eigenvalue weighted by molar-refractivity contribution is -0.0321. The van der Waals surface area contributed by atoms with Crippen LogP contribution in [0.3, 0.4) is 0 Å². The van der Waals surface area contributed by atoms with Crippen molar-refractivity contribution < 1.29 is 14.6 Å². The molecule has 0 bridgehead atoms. The van der Waals surface area contributed by atoms with Gasteiger partial charge in [-0.15, -0.1) is 0 Å². The van der Waals surface area contributed by atoms with Gasteiger partial charge in [0.05, 0.1) is 25.9 Å². The van der Waals surface area contributed by atoms with Crippen LogP contribution < -0.4 is 9.64 Å². The van der Waals surface area contributed by atoms with Gasteiger partial charge in [-0.2, -0.15) is 0 Å². The number of hydrogen-bond acceptors (Lipinski definition) is 5. The molecule has 3 rings (SSSR count). The Bertz CT molecular complexity index is 514. The fourth-order valence-electron chi connectivity index (χ4n) is 3.93. The average molecular weight is 348 g/mol. The Hall–Kier alpha value is -1.30. The lowest BCUT2D eigenvalue weighted by atomic mass is 10.1. The van der Waals surface area contributed by atoms with Crippen molar-refractivity contribution in [1.82, 2.24) is 4.90 Å². The zero-order chi connectivity index (χ0) is 17.6. The second-order valence-corrected chi connectivity index (χ2v) is 7.42. The summed E-state index contributed by atoms with van der Waals surface area (Å²) < 4.78 is 11.1. The van der Waals surface area contributed by atoms with Crippen LogP contribution in [0.2, 0.25) is 0 Å². The fraction of sp³-hybridized carbons (Fsp3) is 0.700. The number of nitrogens with zero attached hydrogens (tertiary/aromatic N) is 2. The van der Waals surface area contributed by atoms with E-state index in [4.69, 9.17) is 9.47 Å². The van der Waals surface area contributed by atoms with Crippen LogP contribution in [0.25, 0.3) is 0 Å². The van der Waals surface area contributed by atoms with E-state index in [1.807, 2.05) is 12.1 Å². The topological polar surface area (TPSA) is 45.2 Å². The molecule has 1 aliphatic heterocycles. The Balaban J connectivity index is 1.38. The van der Waals surface area contributed by atoms with E-state index in [1.54, 1.807) is 7.11 Å². The number of aliphatic hydroxyl groups is 1. The van der Waals surface area contributed by atoms with E-state index in [0.717, 1.165) is 38.3 Å².